The lowest BCUT2D eigenvalue weighted by Gasteiger charge is -2.39. The predicted molar refractivity (Wildman–Crippen MR) is 259 cm³/mol. The number of aromatic amines is 1. The molecule has 5 heterocycles. The van der Waals surface area contributed by atoms with Crippen LogP contribution in [0.2, 0.25) is 5.02 Å². The number of allylic oxidation sites excluding steroid dienone is 1. The van der Waals surface area contributed by atoms with Gasteiger partial charge in [-0.2, -0.15) is 0 Å². The summed E-state index contributed by atoms with van der Waals surface area (Å²) in [7, 11) is 0. The van der Waals surface area contributed by atoms with Crippen LogP contribution < -0.4 is 20.7 Å². The summed E-state index contributed by atoms with van der Waals surface area (Å²) in [6, 6.07) is 24.5. The Labute approximate surface area is 372 Å². The zero-order valence-corrected chi connectivity index (χ0v) is 38.1. The maximum Gasteiger partial charge on any atom is 0.137 e. The second-order valence-electron chi connectivity index (χ2n) is 19.7. The summed E-state index contributed by atoms with van der Waals surface area (Å²) in [6.07, 6.45) is 11.7. The zero-order chi connectivity index (χ0) is 42.3. The molecule has 5 aromatic rings. The van der Waals surface area contributed by atoms with Gasteiger partial charge in [-0.05, 0) is 157 Å². The normalized spacial score (nSPS) is 20.5. The molecule has 4 aliphatic rings. The second-order valence-corrected chi connectivity index (χ2v) is 21.0. The number of anilines is 3. The molecule has 8 nitrogen and oxygen atoms in total. The first kappa shape index (κ1) is 41.9. The van der Waals surface area contributed by atoms with Gasteiger partial charge in [0.1, 0.15) is 5.65 Å². The summed E-state index contributed by atoms with van der Waals surface area (Å²) in [5.41, 5.74) is 21.7. The van der Waals surface area contributed by atoms with Crippen molar-refractivity contribution in [2.45, 2.75) is 83.6 Å². The van der Waals surface area contributed by atoms with Crippen molar-refractivity contribution in [2.24, 2.45) is 10.8 Å². The van der Waals surface area contributed by atoms with Crippen molar-refractivity contribution in [1.29, 1.82) is 0 Å². The van der Waals surface area contributed by atoms with E-state index in [1.54, 1.807) is 17.5 Å². The lowest BCUT2D eigenvalue weighted by molar-refractivity contribution is 0.129. The molecule has 1 aliphatic carbocycles. The Balaban J connectivity index is 0.881. The molecule has 0 radical (unpaired) electrons. The molecule has 10 heteroatoms. The molecule has 2 fully saturated rings. The molecule has 320 valence electrons. The number of aromatic nitrogens is 2. The van der Waals surface area contributed by atoms with Crippen molar-refractivity contribution >= 4 is 62.9 Å². The molecule has 0 bridgehead atoms. The molecule has 0 amide bonds. The summed E-state index contributed by atoms with van der Waals surface area (Å²) >= 11 is 7.89. The maximum absolute atomic E-state index is 6.69. The average molecular weight is 856 g/mol. The van der Waals surface area contributed by atoms with Gasteiger partial charge < -0.3 is 30.6 Å². The lowest BCUT2D eigenvalue weighted by atomic mass is 9.72. The van der Waals surface area contributed by atoms with E-state index < -0.39 is 0 Å². The van der Waals surface area contributed by atoms with E-state index in [2.05, 4.69) is 119 Å². The van der Waals surface area contributed by atoms with Crippen LogP contribution in [0.5, 0.6) is 0 Å². The van der Waals surface area contributed by atoms with E-state index in [0.29, 0.717) is 16.9 Å². The predicted octanol–water partition coefficient (Wildman–Crippen LogP) is 10.9. The van der Waals surface area contributed by atoms with Gasteiger partial charge in [0.25, 0.3) is 0 Å². The second kappa shape index (κ2) is 17.4. The number of benzene rings is 3. The zero-order valence-electron chi connectivity index (χ0n) is 36.5. The number of rotatable bonds is 12. The van der Waals surface area contributed by atoms with Crippen molar-refractivity contribution in [3.8, 4) is 0 Å². The highest BCUT2D eigenvalue weighted by Crippen LogP contribution is 2.44. The summed E-state index contributed by atoms with van der Waals surface area (Å²) < 4.78 is 3.62. The smallest absolute Gasteiger partial charge is 0.137 e. The number of piperidine rings is 1. The first-order valence-corrected chi connectivity index (χ1v) is 23.6. The monoisotopic (exact) mass is 854 g/mol. The van der Waals surface area contributed by atoms with Crippen molar-refractivity contribution in [2.75, 3.05) is 68.3 Å². The van der Waals surface area contributed by atoms with Crippen LogP contribution in [-0.2, 0) is 12.8 Å². The third kappa shape index (κ3) is 9.81. The largest absolute Gasteiger partial charge is 0.397 e. The fourth-order valence-corrected chi connectivity index (χ4v) is 10.8. The van der Waals surface area contributed by atoms with Crippen LogP contribution in [0.25, 0.3) is 22.3 Å². The molecule has 3 aromatic carbocycles. The highest BCUT2D eigenvalue weighted by Gasteiger charge is 2.31. The minimum Gasteiger partial charge on any atom is -0.397 e. The SMILES string of the molecule is C=C(NSc1cc(N)c2c(c1)C[C@H](CN1CCC(C)(C)CC1)N2)c1ccc(N2CCN(CC3=C(c4ccc(Cl)cc4)CC(C)(C)CC3)CC2)cc1Cc1cnc2[nH]ccc2c1. The Morgan fingerprint density at radius 1 is 0.918 bits per heavy atom. The highest BCUT2D eigenvalue weighted by molar-refractivity contribution is 7.97. The molecule has 5 N–H and O–H groups in total. The van der Waals surface area contributed by atoms with Crippen LogP contribution in [0.1, 0.15) is 87.6 Å². The van der Waals surface area contributed by atoms with E-state index >= 15 is 0 Å². The van der Waals surface area contributed by atoms with Crippen LogP contribution in [0.15, 0.2) is 96.2 Å². The third-order valence-electron chi connectivity index (χ3n) is 13.8. The molecule has 0 unspecified atom stereocenters. The van der Waals surface area contributed by atoms with Gasteiger partial charge >= 0.3 is 0 Å². The summed E-state index contributed by atoms with van der Waals surface area (Å²) in [6.45, 7) is 22.7. The highest BCUT2D eigenvalue weighted by atomic mass is 35.5. The number of hydrogen-bond donors (Lipinski definition) is 4. The summed E-state index contributed by atoms with van der Waals surface area (Å²) in [5.74, 6) is 0. The Bertz CT molecular complexity index is 2410. The molecule has 9 rings (SSSR count). The molecule has 2 aromatic heterocycles. The van der Waals surface area contributed by atoms with Gasteiger partial charge in [0, 0.05) is 90.0 Å². The number of hydrogen-bond acceptors (Lipinski definition) is 8. The summed E-state index contributed by atoms with van der Waals surface area (Å²) in [4.78, 5) is 16.9. The van der Waals surface area contributed by atoms with Gasteiger partial charge in [0.2, 0.25) is 0 Å². The minimum atomic E-state index is 0.311. The molecular weight excluding hydrogens is 792 g/mol. The van der Waals surface area contributed by atoms with E-state index in [0.717, 1.165) is 109 Å². The first-order valence-electron chi connectivity index (χ1n) is 22.4. The topological polar surface area (TPSA) is 88.5 Å². The number of pyridine rings is 1. The average Bonchev–Trinajstić information content (AvgIpc) is 3.89. The molecule has 2 saturated heterocycles. The number of nitrogens with one attached hydrogen (secondary N) is 3. The van der Waals surface area contributed by atoms with Crippen molar-refractivity contribution in [1.82, 2.24) is 24.5 Å². The van der Waals surface area contributed by atoms with Crippen molar-refractivity contribution in [3.63, 3.8) is 0 Å². The first-order chi connectivity index (χ1) is 29.3. The van der Waals surface area contributed by atoms with E-state index in [1.165, 1.54) is 65.9 Å². The Hall–Kier alpha value is -4.41. The maximum atomic E-state index is 6.69. The van der Waals surface area contributed by atoms with E-state index in [9.17, 15) is 0 Å². The van der Waals surface area contributed by atoms with Gasteiger partial charge in [-0.25, -0.2) is 4.98 Å². The number of fused-ring (bicyclic) bond motifs is 2. The fraction of sp³-hybridized carbons (Fsp3) is 0.431. The van der Waals surface area contributed by atoms with Gasteiger partial charge in [0.15, 0.2) is 0 Å². The number of H-pyrrole nitrogens is 1. The van der Waals surface area contributed by atoms with Crippen molar-refractivity contribution < 1.29 is 0 Å². The molecule has 0 spiro atoms. The number of likely N-dealkylation sites (tertiary alicyclic amines) is 1. The standard InChI is InChI=1S/C51H63ClN8S/c1-34(57-61-44-28-40-26-42(56-48(40)47(53)29-44)33-58-18-15-50(2,3)16-19-58)45-11-10-43(27-39(45)25-35-24-37-13-17-54-49(37)55-31-35)60-22-20-59(21-23-60)32-38-12-14-51(4,5)30-46(38)36-6-8-41(52)9-7-36/h6-11,13,17,24,27-29,31,42,56-57H,1,12,14-16,18-23,25-26,30,32-33,53H2,2-5H3,(H,54,55)/t42-/m1/s1. The number of nitrogens with two attached hydrogens (primary N) is 1. The van der Waals surface area contributed by atoms with Crippen LogP contribution in [0.3, 0.4) is 0 Å². The van der Waals surface area contributed by atoms with Crippen LogP contribution in [0, 0.1) is 10.8 Å². The van der Waals surface area contributed by atoms with Crippen LogP contribution >= 0.6 is 23.5 Å². The molecular formula is C51H63ClN8S. The van der Waals surface area contributed by atoms with E-state index in [-0.39, 0.29) is 0 Å². The third-order valence-corrected chi connectivity index (χ3v) is 14.9. The van der Waals surface area contributed by atoms with Crippen LogP contribution in [-0.4, -0.2) is 78.2 Å². The Kier molecular flexibility index (Phi) is 12.0. The fourth-order valence-electron chi connectivity index (χ4n) is 9.97. The molecule has 3 aliphatic heterocycles. The van der Waals surface area contributed by atoms with E-state index in [1.807, 2.05) is 24.5 Å². The quantitative estimate of drug-likeness (QED) is 0.0729. The van der Waals surface area contributed by atoms with Crippen molar-refractivity contribution in [3.05, 3.63) is 124 Å². The number of nitrogens with zero attached hydrogens (tertiary/aromatic N) is 4. The summed E-state index contributed by atoms with van der Waals surface area (Å²) in [5, 5.41) is 5.68. The Morgan fingerprint density at radius 2 is 1.70 bits per heavy atom. The molecule has 1 atom stereocenters. The van der Waals surface area contributed by atoms with Gasteiger partial charge in [0.05, 0.1) is 11.4 Å². The number of piperazine rings is 1. The number of halogens is 1. The van der Waals surface area contributed by atoms with Gasteiger partial charge in [-0.15, -0.1) is 0 Å². The molecule has 0 saturated carbocycles. The van der Waals surface area contributed by atoms with E-state index in [4.69, 9.17) is 22.3 Å². The van der Waals surface area contributed by atoms with Crippen LogP contribution in [0.4, 0.5) is 17.1 Å². The van der Waals surface area contributed by atoms with Gasteiger partial charge in [-0.3, -0.25) is 4.90 Å². The minimum absolute atomic E-state index is 0.311. The molecule has 61 heavy (non-hydrogen) atoms. The van der Waals surface area contributed by atoms with Gasteiger partial charge in [-0.1, -0.05) is 69.6 Å². The number of nitrogen functional groups attached to an aromatic ring is 1. The lowest BCUT2D eigenvalue weighted by Crippen LogP contribution is -2.47. The Morgan fingerprint density at radius 3 is 2.49 bits per heavy atom.